The van der Waals surface area contributed by atoms with Gasteiger partial charge in [0.2, 0.25) is 0 Å². The topological polar surface area (TPSA) is 37.8 Å². The van der Waals surface area contributed by atoms with E-state index in [2.05, 4.69) is 36.1 Å². The van der Waals surface area contributed by atoms with E-state index in [-0.39, 0.29) is 0 Å². The minimum absolute atomic E-state index is 0.659. The Morgan fingerprint density at radius 2 is 2.00 bits per heavy atom. The van der Waals surface area contributed by atoms with Gasteiger partial charge in [-0.2, -0.15) is 8.75 Å². The van der Waals surface area contributed by atoms with Gasteiger partial charge in [-0.15, -0.1) is 0 Å². The lowest BCUT2D eigenvalue weighted by Gasteiger charge is -2.10. The van der Waals surface area contributed by atoms with Crippen LogP contribution in [0.5, 0.6) is 0 Å². The van der Waals surface area contributed by atoms with E-state index in [1.54, 1.807) is 0 Å². The van der Waals surface area contributed by atoms with Crippen molar-refractivity contribution in [2.45, 2.75) is 6.54 Å². The van der Waals surface area contributed by atoms with Crippen LogP contribution in [-0.2, 0) is 6.54 Å². The molecule has 0 amide bonds. The van der Waals surface area contributed by atoms with E-state index >= 15 is 0 Å². The molecule has 0 unspecified atom stereocenters. The maximum Gasteiger partial charge on any atom is 0.129 e. The number of anilines is 1. The zero-order chi connectivity index (χ0) is 13.2. The molecule has 0 atom stereocenters. The van der Waals surface area contributed by atoms with Gasteiger partial charge in [0.05, 0.1) is 22.4 Å². The summed E-state index contributed by atoms with van der Waals surface area (Å²) in [4.78, 5) is 0. The summed E-state index contributed by atoms with van der Waals surface area (Å²) < 4.78 is 9.57. The van der Waals surface area contributed by atoms with E-state index in [9.17, 15) is 0 Å². The van der Waals surface area contributed by atoms with Crippen molar-refractivity contribution in [2.75, 3.05) is 5.32 Å². The highest BCUT2D eigenvalue weighted by molar-refractivity contribution is 9.10. The van der Waals surface area contributed by atoms with Gasteiger partial charge in [-0.05, 0) is 23.8 Å². The van der Waals surface area contributed by atoms with Crippen LogP contribution in [0.2, 0.25) is 5.02 Å². The third kappa shape index (κ3) is 2.59. The molecule has 0 saturated carbocycles. The quantitative estimate of drug-likeness (QED) is 0.739. The number of benzene rings is 2. The van der Waals surface area contributed by atoms with Gasteiger partial charge in [0.1, 0.15) is 11.0 Å². The molecule has 3 aromatic rings. The van der Waals surface area contributed by atoms with Crippen molar-refractivity contribution in [3.8, 4) is 0 Å². The van der Waals surface area contributed by atoms with Crippen molar-refractivity contribution in [1.29, 1.82) is 0 Å². The van der Waals surface area contributed by atoms with E-state index in [4.69, 9.17) is 11.6 Å². The second kappa shape index (κ2) is 5.45. The van der Waals surface area contributed by atoms with Gasteiger partial charge in [-0.1, -0.05) is 45.7 Å². The van der Waals surface area contributed by atoms with Crippen molar-refractivity contribution < 1.29 is 0 Å². The third-order valence-electron chi connectivity index (χ3n) is 2.79. The maximum absolute atomic E-state index is 6.23. The molecule has 0 fully saturated rings. The predicted octanol–water partition coefficient (Wildman–Crippen LogP) is 4.72. The van der Waals surface area contributed by atoms with Crippen molar-refractivity contribution in [2.24, 2.45) is 0 Å². The number of hydrogen-bond acceptors (Lipinski definition) is 4. The molecule has 1 heterocycles. The highest BCUT2D eigenvalue weighted by Gasteiger charge is 2.10. The second-order valence-electron chi connectivity index (χ2n) is 4.00. The Hall–Kier alpha value is -1.17. The minimum Gasteiger partial charge on any atom is -0.378 e. The SMILES string of the molecule is Clc1ccc2nsnc2c1NCc1ccccc1Br. The van der Waals surface area contributed by atoms with Gasteiger partial charge >= 0.3 is 0 Å². The number of fused-ring (bicyclic) bond motifs is 1. The average Bonchev–Trinajstić information content (AvgIpc) is 2.88. The van der Waals surface area contributed by atoms with E-state index in [0.717, 1.165) is 21.2 Å². The first-order chi connectivity index (χ1) is 9.25. The molecular weight excluding hydrogens is 346 g/mol. The molecule has 3 nitrogen and oxygen atoms in total. The van der Waals surface area contributed by atoms with Crippen molar-refractivity contribution in [3.05, 3.63) is 51.5 Å². The van der Waals surface area contributed by atoms with Crippen molar-refractivity contribution in [1.82, 2.24) is 8.75 Å². The summed E-state index contributed by atoms with van der Waals surface area (Å²) >= 11 is 11.0. The predicted molar refractivity (Wildman–Crippen MR) is 83.9 cm³/mol. The second-order valence-corrected chi connectivity index (χ2v) is 5.79. The van der Waals surface area contributed by atoms with Gasteiger partial charge in [-0.25, -0.2) is 0 Å². The summed E-state index contributed by atoms with van der Waals surface area (Å²) in [6.45, 7) is 0.678. The van der Waals surface area contributed by atoms with Crippen LogP contribution >= 0.6 is 39.3 Å². The minimum atomic E-state index is 0.659. The Labute approximate surface area is 128 Å². The van der Waals surface area contributed by atoms with Gasteiger partial charge in [-0.3, -0.25) is 0 Å². The molecule has 1 N–H and O–H groups in total. The summed E-state index contributed by atoms with van der Waals surface area (Å²) in [6.07, 6.45) is 0. The lowest BCUT2D eigenvalue weighted by atomic mass is 10.2. The number of hydrogen-bond donors (Lipinski definition) is 1. The standard InChI is InChI=1S/C13H9BrClN3S/c14-9-4-2-1-3-8(9)7-16-12-10(15)5-6-11-13(12)18-19-17-11/h1-6,16H,7H2. The highest BCUT2D eigenvalue weighted by atomic mass is 79.9. The molecule has 0 radical (unpaired) electrons. The first-order valence-electron chi connectivity index (χ1n) is 5.64. The maximum atomic E-state index is 6.23. The fourth-order valence-electron chi connectivity index (χ4n) is 1.82. The Bertz CT molecular complexity index is 729. The number of nitrogens with one attached hydrogen (secondary N) is 1. The molecule has 0 bridgehead atoms. The van der Waals surface area contributed by atoms with Crippen LogP contribution in [0.25, 0.3) is 11.0 Å². The Morgan fingerprint density at radius 3 is 2.84 bits per heavy atom. The molecule has 96 valence electrons. The van der Waals surface area contributed by atoms with Crippen LogP contribution in [0.1, 0.15) is 5.56 Å². The first kappa shape index (κ1) is 12.8. The lowest BCUT2D eigenvalue weighted by molar-refractivity contribution is 1.14. The fourth-order valence-corrected chi connectivity index (χ4v) is 3.01. The van der Waals surface area contributed by atoms with Gasteiger partial charge in [0.15, 0.2) is 0 Å². The van der Waals surface area contributed by atoms with E-state index < -0.39 is 0 Å². The molecule has 19 heavy (non-hydrogen) atoms. The molecular formula is C13H9BrClN3S. The van der Waals surface area contributed by atoms with Crippen molar-refractivity contribution >= 4 is 56.0 Å². The van der Waals surface area contributed by atoms with Crippen LogP contribution in [0, 0.1) is 0 Å². The van der Waals surface area contributed by atoms with Crippen LogP contribution in [0.3, 0.4) is 0 Å². The summed E-state index contributed by atoms with van der Waals surface area (Å²) in [5.41, 5.74) is 3.69. The molecule has 3 rings (SSSR count). The average molecular weight is 355 g/mol. The molecule has 2 aromatic carbocycles. The monoisotopic (exact) mass is 353 g/mol. The van der Waals surface area contributed by atoms with E-state index in [0.29, 0.717) is 11.6 Å². The van der Waals surface area contributed by atoms with Crippen LogP contribution in [0.4, 0.5) is 5.69 Å². The smallest absolute Gasteiger partial charge is 0.129 e. The van der Waals surface area contributed by atoms with Crippen LogP contribution < -0.4 is 5.32 Å². The molecule has 0 aliphatic heterocycles. The molecule has 0 aliphatic carbocycles. The third-order valence-corrected chi connectivity index (χ3v) is 4.42. The van der Waals surface area contributed by atoms with Crippen LogP contribution in [-0.4, -0.2) is 8.75 Å². The van der Waals surface area contributed by atoms with Gasteiger partial charge in [0, 0.05) is 11.0 Å². The van der Waals surface area contributed by atoms with Gasteiger partial charge in [0.25, 0.3) is 0 Å². The molecule has 0 saturated heterocycles. The summed E-state index contributed by atoms with van der Waals surface area (Å²) in [5, 5.41) is 4.00. The highest BCUT2D eigenvalue weighted by Crippen LogP contribution is 2.30. The van der Waals surface area contributed by atoms with Gasteiger partial charge < -0.3 is 5.32 Å². The number of nitrogens with zero attached hydrogens (tertiary/aromatic N) is 2. The largest absolute Gasteiger partial charge is 0.378 e. The van der Waals surface area contributed by atoms with Crippen molar-refractivity contribution in [3.63, 3.8) is 0 Å². The Kier molecular flexibility index (Phi) is 3.68. The zero-order valence-electron chi connectivity index (χ0n) is 9.73. The molecule has 1 aromatic heterocycles. The van der Waals surface area contributed by atoms with E-state index in [1.165, 1.54) is 17.3 Å². The first-order valence-corrected chi connectivity index (χ1v) is 7.54. The Morgan fingerprint density at radius 1 is 1.16 bits per heavy atom. The number of halogens is 2. The fraction of sp³-hybridized carbons (Fsp3) is 0.0769. The zero-order valence-corrected chi connectivity index (χ0v) is 12.9. The molecule has 0 aliphatic rings. The summed E-state index contributed by atoms with van der Waals surface area (Å²) in [7, 11) is 0. The van der Waals surface area contributed by atoms with Crippen LogP contribution in [0.15, 0.2) is 40.9 Å². The lowest BCUT2D eigenvalue weighted by Crippen LogP contribution is -2.01. The molecule has 6 heteroatoms. The summed E-state index contributed by atoms with van der Waals surface area (Å²) in [6, 6.07) is 11.8. The summed E-state index contributed by atoms with van der Waals surface area (Å²) in [5.74, 6) is 0. The number of aromatic nitrogens is 2. The Balaban J connectivity index is 1.92. The number of rotatable bonds is 3. The van der Waals surface area contributed by atoms with E-state index in [1.807, 2.05) is 30.3 Å². The molecule has 0 spiro atoms. The normalized spacial score (nSPS) is 10.8.